The average molecular weight is 447 g/mol. The molecule has 7 nitrogen and oxygen atoms in total. The average Bonchev–Trinajstić information content (AvgIpc) is 3.40. The number of aryl methyl sites for hydroxylation is 1. The number of halogens is 1. The molecule has 162 valence electrons. The van der Waals surface area contributed by atoms with Crippen molar-refractivity contribution in [2.75, 3.05) is 18.4 Å². The van der Waals surface area contributed by atoms with E-state index in [0.29, 0.717) is 18.1 Å². The fourth-order valence-electron chi connectivity index (χ4n) is 4.26. The fourth-order valence-corrected chi connectivity index (χ4v) is 4.50. The summed E-state index contributed by atoms with van der Waals surface area (Å²) in [5.74, 6) is 0.969. The first-order valence-corrected chi connectivity index (χ1v) is 11.2. The Hall–Kier alpha value is -3.26. The van der Waals surface area contributed by atoms with Gasteiger partial charge in [-0.15, -0.1) is 0 Å². The van der Waals surface area contributed by atoms with Crippen LogP contribution in [0, 0.1) is 0 Å². The lowest BCUT2D eigenvalue weighted by Crippen LogP contribution is -2.43. The predicted molar refractivity (Wildman–Crippen MR) is 130 cm³/mol. The number of nitrogens with zero attached hydrogens (tertiary/aromatic N) is 5. The molecule has 4 heterocycles. The van der Waals surface area contributed by atoms with Gasteiger partial charge in [-0.2, -0.15) is 9.61 Å². The molecule has 0 radical (unpaired) electrons. The van der Waals surface area contributed by atoms with Crippen LogP contribution < -0.4 is 10.8 Å². The number of piperidine rings is 1. The Labute approximate surface area is 192 Å². The molecule has 1 aromatic carbocycles. The van der Waals surface area contributed by atoms with Gasteiger partial charge in [0.2, 0.25) is 0 Å². The molecule has 32 heavy (non-hydrogen) atoms. The predicted octanol–water partition coefficient (Wildman–Crippen LogP) is 2.36. The second-order valence-electron chi connectivity index (χ2n) is 8.28. The highest BCUT2D eigenvalue weighted by atomic mass is 35.5. The number of benzene rings is 1. The number of amides is 1. The Morgan fingerprint density at radius 2 is 1.97 bits per heavy atom. The zero-order chi connectivity index (χ0) is 22.2. The SMILES string of the molecule is Bc1cnn2c(NC3CCN(C(=O)c4cccn4C)CC3)cc(-c3ccccc3Cl)nc12. The second kappa shape index (κ2) is 8.35. The molecular weight excluding hydrogens is 423 g/mol. The molecule has 0 atom stereocenters. The van der Waals surface area contributed by atoms with Crippen molar-refractivity contribution in [3.8, 4) is 11.3 Å². The zero-order valence-electron chi connectivity index (χ0n) is 18.1. The van der Waals surface area contributed by atoms with Crippen LogP contribution in [-0.4, -0.2) is 56.9 Å². The van der Waals surface area contributed by atoms with Crippen LogP contribution in [-0.2, 0) is 7.05 Å². The standard InChI is InChI=1S/C23H24BClN6O/c1-29-10-4-7-20(29)23(32)30-11-8-15(9-12-30)27-21-13-19(16-5-2-3-6-18(16)25)28-22-17(24)14-26-31(21)22/h2-7,10,13-15,27H,8-9,11-12,24H2,1H3. The number of carbonyl (C=O) groups is 1. The first kappa shape index (κ1) is 20.6. The van der Waals surface area contributed by atoms with Crippen LogP contribution in [0.3, 0.4) is 0 Å². The monoisotopic (exact) mass is 446 g/mol. The van der Waals surface area contributed by atoms with Gasteiger partial charge in [0.15, 0.2) is 5.65 Å². The molecule has 1 aliphatic heterocycles. The molecule has 1 amide bonds. The molecule has 4 aromatic rings. The van der Waals surface area contributed by atoms with Crippen LogP contribution in [0.4, 0.5) is 5.82 Å². The third-order valence-electron chi connectivity index (χ3n) is 6.10. The van der Waals surface area contributed by atoms with E-state index in [4.69, 9.17) is 16.6 Å². The van der Waals surface area contributed by atoms with Crippen LogP contribution in [0.1, 0.15) is 23.3 Å². The van der Waals surface area contributed by atoms with Gasteiger partial charge in [0.1, 0.15) is 19.4 Å². The van der Waals surface area contributed by atoms with Gasteiger partial charge in [0, 0.05) is 55.2 Å². The quantitative estimate of drug-likeness (QED) is 0.489. The Bertz CT molecular complexity index is 1290. The van der Waals surface area contributed by atoms with E-state index in [1.54, 1.807) is 0 Å². The third kappa shape index (κ3) is 3.75. The molecule has 0 bridgehead atoms. The van der Waals surface area contributed by atoms with Crippen molar-refractivity contribution >= 4 is 42.3 Å². The second-order valence-corrected chi connectivity index (χ2v) is 8.69. The minimum atomic E-state index is 0.0889. The van der Waals surface area contributed by atoms with Crippen molar-refractivity contribution in [1.29, 1.82) is 0 Å². The lowest BCUT2D eigenvalue weighted by atomic mass is 10.0. The summed E-state index contributed by atoms with van der Waals surface area (Å²) in [5.41, 5.74) is 4.24. The first-order chi connectivity index (χ1) is 15.5. The highest BCUT2D eigenvalue weighted by molar-refractivity contribution is 6.36. The van der Waals surface area contributed by atoms with Gasteiger partial charge in [0.05, 0.1) is 5.69 Å². The molecule has 0 unspecified atom stereocenters. The maximum Gasteiger partial charge on any atom is 0.270 e. The normalized spacial score (nSPS) is 14.8. The Kier molecular flexibility index (Phi) is 5.39. The molecule has 9 heteroatoms. The van der Waals surface area contributed by atoms with Gasteiger partial charge in [0.25, 0.3) is 5.91 Å². The van der Waals surface area contributed by atoms with E-state index in [1.807, 2.05) is 83.7 Å². The minimum absolute atomic E-state index is 0.0889. The van der Waals surface area contributed by atoms with E-state index in [-0.39, 0.29) is 11.9 Å². The minimum Gasteiger partial charge on any atom is -0.367 e. The topological polar surface area (TPSA) is 67.5 Å². The molecule has 0 saturated carbocycles. The number of carbonyl (C=O) groups excluding carboxylic acids is 1. The van der Waals surface area contributed by atoms with E-state index in [0.717, 1.165) is 46.7 Å². The summed E-state index contributed by atoms with van der Waals surface area (Å²) in [6, 6.07) is 13.7. The smallest absolute Gasteiger partial charge is 0.270 e. The van der Waals surface area contributed by atoms with Gasteiger partial charge in [-0.1, -0.05) is 29.8 Å². The van der Waals surface area contributed by atoms with E-state index in [9.17, 15) is 4.79 Å². The molecule has 1 N–H and O–H groups in total. The summed E-state index contributed by atoms with van der Waals surface area (Å²) in [7, 11) is 3.90. The molecule has 0 aliphatic carbocycles. The van der Waals surface area contributed by atoms with Crippen molar-refractivity contribution in [3.63, 3.8) is 0 Å². The number of hydrogen-bond donors (Lipinski definition) is 1. The van der Waals surface area contributed by atoms with Gasteiger partial charge < -0.3 is 14.8 Å². The number of fused-ring (bicyclic) bond motifs is 1. The third-order valence-corrected chi connectivity index (χ3v) is 6.42. The number of nitrogens with one attached hydrogen (secondary N) is 1. The molecule has 1 saturated heterocycles. The number of hydrogen-bond acceptors (Lipinski definition) is 4. The Balaban J connectivity index is 1.37. The van der Waals surface area contributed by atoms with Crippen LogP contribution >= 0.6 is 11.6 Å². The number of likely N-dealkylation sites (tertiary alicyclic amines) is 1. The molecule has 3 aromatic heterocycles. The maximum atomic E-state index is 12.8. The van der Waals surface area contributed by atoms with Crippen molar-refractivity contribution in [3.05, 3.63) is 65.6 Å². The zero-order valence-corrected chi connectivity index (χ0v) is 18.9. The summed E-state index contributed by atoms with van der Waals surface area (Å²) in [6.45, 7) is 1.43. The van der Waals surface area contributed by atoms with E-state index >= 15 is 0 Å². The molecule has 1 aliphatic rings. The highest BCUT2D eigenvalue weighted by Crippen LogP contribution is 2.29. The highest BCUT2D eigenvalue weighted by Gasteiger charge is 2.25. The van der Waals surface area contributed by atoms with E-state index in [2.05, 4.69) is 10.4 Å². The number of rotatable bonds is 4. The molecule has 5 rings (SSSR count). The summed E-state index contributed by atoms with van der Waals surface area (Å²) in [6.07, 6.45) is 5.45. The lowest BCUT2D eigenvalue weighted by Gasteiger charge is -2.33. The van der Waals surface area contributed by atoms with Gasteiger partial charge >= 0.3 is 0 Å². The van der Waals surface area contributed by atoms with Gasteiger partial charge in [-0.3, -0.25) is 4.79 Å². The largest absolute Gasteiger partial charge is 0.367 e. The van der Waals surface area contributed by atoms with Crippen LogP contribution in [0.25, 0.3) is 16.9 Å². The molecular formula is C23H24BClN6O. The van der Waals surface area contributed by atoms with Crippen LogP contribution in [0.2, 0.25) is 5.02 Å². The summed E-state index contributed by atoms with van der Waals surface area (Å²) >= 11 is 6.44. The maximum absolute atomic E-state index is 12.8. The summed E-state index contributed by atoms with van der Waals surface area (Å²) in [5, 5.41) is 8.83. The van der Waals surface area contributed by atoms with Gasteiger partial charge in [-0.25, -0.2) is 4.98 Å². The Morgan fingerprint density at radius 1 is 1.19 bits per heavy atom. The van der Waals surface area contributed by atoms with Crippen LogP contribution in [0.15, 0.2) is 54.9 Å². The van der Waals surface area contributed by atoms with E-state index < -0.39 is 0 Å². The van der Waals surface area contributed by atoms with Gasteiger partial charge in [-0.05, 0) is 36.5 Å². The summed E-state index contributed by atoms with van der Waals surface area (Å²) < 4.78 is 3.72. The van der Waals surface area contributed by atoms with Crippen LogP contribution in [0.5, 0.6) is 0 Å². The number of anilines is 1. The summed E-state index contributed by atoms with van der Waals surface area (Å²) in [4.78, 5) is 19.6. The lowest BCUT2D eigenvalue weighted by molar-refractivity contribution is 0.0709. The van der Waals surface area contributed by atoms with Crippen molar-refractivity contribution in [1.82, 2.24) is 24.1 Å². The van der Waals surface area contributed by atoms with E-state index in [1.165, 1.54) is 0 Å². The van der Waals surface area contributed by atoms with Crippen molar-refractivity contribution in [2.45, 2.75) is 18.9 Å². The number of aromatic nitrogens is 4. The molecule has 0 spiro atoms. The van der Waals surface area contributed by atoms with Crippen molar-refractivity contribution in [2.24, 2.45) is 7.05 Å². The Morgan fingerprint density at radius 3 is 2.69 bits per heavy atom. The van der Waals surface area contributed by atoms with Crippen molar-refractivity contribution < 1.29 is 4.79 Å². The molecule has 1 fully saturated rings. The first-order valence-electron chi connectivity index (χ1n) is 10.8. The fraction of sp³-hybridized carbons (Fsp3) is 0.261.